The van der Waals surface area contributed by atoms with E-state index in [1.807, 2.05) is 0 Å². The summed E-state index contributed by atoms with van der Waals surface area (Å²) < 4.78 is 0. The Hall–Kier alpha value is -1.60. The standard InChI is InChI=1S/C16H14O/c17-15-9-8-13-11-5-2-1-4-10(11)12-6-3-7-14(15)16(12)13/h1-7,13,15,17H,8-9H2/t13-,15-/m0/s1. The first-order valence-corrected chi connectivity index (χ1v) is 6.26. The summed E-state index contributed by atoms with van der Waals surface area (Å²) in [5, 5.41) is 10.1. The van der Waals surface area contributed by atoms with Crippen molar-refractivity contribution in [3.63, 3.8) is 0 Å². The predicted molar refractivity (Wildman–Crippen MR) is 67.9 cm³/mol. The molecule has 2 aromatic rings. The molecule has 2 aliphatic carbocycles. The molecule has 0 saturated carbocycles. The van der Waals surface area contributed by atoms with Gasteiger partial charge in [-0.15, -0.1) is 0 Å². The van der Waals surface area contributed by atoms with Crippen LogP contribution in [0.2, 0.25) is 0 Å². The predicted octanol–water partition coefficient (Wildman–Crippen LogP) is 3.63. The lowest BCUT2D eigenvalue weighted by Gasteiger charge is -2.26. The Kier molecular flexibility index (Phi) is 1.78. The van der Waals surface area contributed by atoms with E-state index in [-0.39, 0.29) is 6.10 Å². The van der Waals surface area contributed by atoms with Crippen molar-refractivity contribution < 1.29 is 5.11 Å². The fourth-order valence-corrected chi connectivity index (χ4v) is 3.48. The zero-order valence-electron chi connectivity index (χ0n) is 9.56. The van der Waals surface area contributed by atoms with Crippen molar-refractivity contribution in [1.82, 2.24) is 0 Å². The number of hydrogen-bond acceptors (Lipinski definition) is 1. The Balaban J connectivity index is 2.08. The monoisotopic (exact) mass is 222 g/mol. The van der Waals surface area contributed by atoms with Crippen molar-refractivity contribution in [1.29, 1.82) is 0 Å². The molecule has 0 heterocycles. The molecule has 0 spiro atoms. The molecule has 0 amide bonds. The molecule has 0 aliphatic heterocycles. The van der Waals surface area contributed by atoms with Crippen LogP contribution in [0.25, 0.3) is 11.1 Å². The van der Waals surface area contributed by atoms with Gasteiger partial charge in [0.25, 0.3) is 0 Å². The molecule has 17 heavy (non-hydrogen) atoms. The lowest BCUT2D eigenvalue weighted by Crippen LogP contribution is -2.12. The topological polar surface area (TPSA) is 20.2 Å². The van der Waals surface area contributed by atoms with Crippen LogP contribution in [0.5, 0.6) is 0 Å². The maximum absolute atomic E-state index is 10.1. The zero-order chi connectivity index (χ0) is 11.4. The summed E-state index contributed by atoms with van der Waals surface area (Å²) >= 11 is 0. The number of benzene rings is 2. The van der Waals surface area contributed by atoms with E-state index in [9.17, 15) is 5.11 Å². The second-order valence-corrected chi connectivity index (χ2v) is 5.04. The lowest BCUT2D eigenvalue weighted by atomic mass is 9.81. The van der Waals surface area contributed by atoms with Crippen LogP contribution >= 0.6 is 0 Å². The first-order chi connectivity index (χ1) is 8.36. The van der Waals surface area contributed by atoms with Gasteiger partial charge >= 0.3 is 0 Å². The van der Waals surface area contributed by atoms with Crippen LogP contribution in [0.15, 0.2) is 42.5 Å². The van der Waals surface area contributed by atoms with Gasteiger partial charge < -0.3 is 5.11 Å². The third-order valence-electron chi connectivity index (χ3n) is 4.20. The molecule has 0 saturated heterocycles. The van der Waals surface area contributed by atoms with Crippen LogP contribution in [0.4, 0.5) is 0 Å². The molecule has 84 valence electrons. The van der Waals surface area contributed by atoms with Crippen molar-refractivity contribution >= 4 is 0 Å². The number of aliphatic hydroxyl groups excluding tert-OH is 1. The quantitative estimate of drug-likeness (QED) is 0.721. The second-order valence-electron chi connectivity index (χ2n) is 5.04. The van der Waals surface area contributed by atoms with Crippen molar-refractivity contribution in [2.45, 2.75) is 24.9 Å². The van der Waals surface area contributed by atoms with Crippen molar-refractivity contribution in [3.8, 4) is 11.1 Å². The summed E-state index contributed by atoms with van der Waals surface area (Å²) in [5.41, 5.74) is 6.68. The smallest absolute Gasteiger partial charge is 0.0793 e. The Labute approximate surface area is 101 Å². The SMILES string of the molecule is O[C@H]1CC[C@H]2c3ccccc3-c3cccc1c32. The molecule has 0 unspecified atom stereocenters. The minimum atomic E-state index is -0.268. The fraction of sp³-hybridized carbons (Fsp3) is 0.250. The molecule has 4 rings (SSSR count). The molecule has 0 fully saturated rings. The molecule has 0 aromatic heterocycles. The van der Waals surface area contributed by atoms with Gasteiger partial charge in [0.15, 0.2) is 0 Å². The Morgan fingerprint density at radius 1 is 0.824 bits per heavy atom. The summed E-state index contributed by atoms with van der Waals surface area (Å²) in [7, 11) is 0. The summed E-state index contributed by atoms with van der Waals surface area (Å²) in [5.74, 6) is 0.515. The van der Waals surface area contributed by atoms with E-state index in [0.29, 0.717) is 5.92 Å². The Morgan fingerprint density at radius 2 is 1.59 bits per heavy atom. The molecule has 2 aliphatic rings. The van der Waals surface area contributed by atoms with Crippen LogP contribution in [-0.2, 0) is 0 Å². The third-order valence-corrected chi connectivity index (χ3v) is 4.20. The van der Waals surface area contributed by atoms with E-state index in [1.54, 1.807) is 0 Å². The van der Waals surface area contributed by atoms with Gasteiger partial charge in [0.05, 0.1) is 6.10 Å². The number of aliphatic hydroxyl groups is 1. The van der Waals surface area contributed by atoms with Gasteiger partial charge in [-0.2, -0.15) is 0 Å². The molecule has 2 atom stereocenters. The number of hydrogen-bond donors (Lipinski definition) is 1. The van der Waals surface area contributed by atoms with Gasteiger partial charge in [-0.1, -0.05) is 42.5 Å². The van der Waals surface area contributed by atoms with E-state index in [4.69, 9.17) is 0 Å². The average Bonchev–Trinajstić information content (AvgIpc) is 2.70. The summed E-state index contributed by atoms with van der Waals surface area (Å²) in [4.78, 5) is 0. The van der Waals surface area contributed by atoms with Gasteiger partial charge in [-0.25, -0.2) is 0 Å². The van der Waals surface area contributed by atoms with Crippen molar-refractivity contribution in [2.75, 3.05) is 0 Å². The van der Waals surface area contributed by atoms with E-state index in [2.05, 4.69) is 42.5 Å². The van der Waals surface area contributed by atoms with E-state index < -0.39 is 0 Å². The highest BCUT2D eigenvalue weighted by Gasteiger charge is 2.35. The molecule has 1 heteroatoms. The van der Waals surface area contributed by atoms with Crippen LogP contribution in [-0.4, -0.2) is 5.11 Å². The molecule has 0 radical (unpaired) electrons. The second kappa shape index (κ2) is 3.21. The largest absolute Gasteiger partial charge is 0.388 e. The maximum atomic E-state index is 10.1. The van der Waals surface area contributed by atoms with Crippen LogP contribution in [0.1, 0.15) is 41.6 Å². The molecule has 0 bridgehead atoms. The Bertz CT molecular complexity index is 600. The van der Waals surface area contributed by atoms with Gasteiger partial charge in [0.2, 0.25) is 0 Å². The normalized spacial score (nSPS) is 24.3. The Morgan fingerprint density at radius 3 is 2.53 bits per heavy atom. The highest BCUT2D eigenvalue weighted by molar-refractivity contribution is 5.80. The summed E-state index contributed by atoms with van der Waals surface area (Å²) in [6.45, 7) is 0. The van der Waals surface area contributed by atoms with Crippen molar-refractivity contribution in [2.24, 2.45) is 0 Å². The number of fused-ring (bicyclic) bond motifs is 3. The lowest BCUT2D eigenvalue weighted by molar-refractivity contribution is 0.154. The highest BCUT2D eigenvalue weighted by atomic mass is 16.3. The molecular weight excluding hydrogens is 208 g/mol. The average molecular weight is 222 g/mol. The molecule has 1 N–H and O–H groups in total. The summed E-state index contributed by atoms with van der Waals surface area (Å²) in [6, 6.07) is 15.0. The highest BCUT2D eigenvalue weighted by Crippen LogP contribution is 2.52. The van der Waals surface area contributed by atoms with Crippen LogP contribution in [0, 0.1) is 0 Å². The zero-order valence-corrected chi connectivity index (χ0v) is 9.56. The first kappa shape index (κ1) is 9.43. The van der Waals surface area contributed by atoms with E-state index >= 15 is 0 Å². The minimum absolute atomic E-state index is 0.268. The van der Waals surface area contributed by atoms with Crippen LogP contribution in [0.3, 0.4) is 0 Å². The van der Waals surface area contributed by atoms with Gasteiger partial charge in [-0.05, 0) is 40.7 Å². The number of rotatable bonds is 0. The van der Waals surface area contributed by atoms with Crippen molar-refractivity contribution in [3.05, 3.63) is 59.2 Å². The molecule has 1 nitrogen and oxygen atoms in total. The molecule has 2 aromatic carbocycles. The van der Waals surface area contributed by atoms with E-state index in [1.165, 1.54) is 22.3 Å². The van der Waals surface area contributed by atoms with Gasteiger partial charge in [0.1, 0.15) is 0 Å². The molecular formula is C16H14O. The first-order valence-electron chi connectivity index (χ1n) is 6.26. The fourth-order valence-electron chi connectivity index (χ4n) is 3.48. The van der Waals surface area contributed by atoms with Gasteiger partial charge in [0, 0.05) is 5.92 Å². The third kappa shape index (κ3) is 1.12. The summed E-state index contributed by atoms with van der Waals surface area (Å²) in [6.07, 6.45) is 1.69. The van der Waals surface area contributed by atoms with E-state index in [0.717, 1.165) is 18.4 Å². The van der Waals surface area contributed by atoms with Gasteiger partial charge in [-0.3, -0.25) is 0 Å². The maximum Gasteiger partial charge on any atom is 0.0793 e. The minimum Gasteiger partial charge on any atom is -0.388 e. The van der Waals surface area contributed by atoms with Crippen LogP contribution < -0.4 is 0 Å².